The molecule has 0 fully saturated rings. The highest BCUT2D eigenvalue weighted by atomic mass is 15.1. The highest BCUT2D eigenvalue weighted by Crippen LogP contribution is 1.73. The molecule has 0 radical (unpaired) electrons. The zero-order valence-corrected chi connectivity index (χ0v) is 4.86. The normalized spacial score (nSPS) is 6.00. The topological polar surface area (TPSA) is 3.24 Å². The van der Waals surface area contributed by atoms with Crippen LogP contribution < -0.4 is 0 Å². The molecule has 0 rings (SSSR count). The summed E-state index contributed by atoms with van der Waals surface area (Å²) < 4.78 is 0. The van der Waals surface area contributed by atoms with Crippen LogP contribution in [0.4, 0.5) is 0 Å². The molecule has 0 amide bonds. The first-order valence-electron chi connectivity index (χ1n) is 2.49. The van der Waals surface area contributed by atoms with Gasteiger partial charge in [-0.1, -0.05) is 43.6 Å². The molecular weight excluding hydrogens is 122 g/mol. The summed E-state index contributed by atoms with van der Waals surface area (Å²) in [5, 5.41) is 0. The SMILES string of the molecule is C.C.C.C.CCN(C)CC. The Morgan fingerprint density at radius 1 is 0.800 bits per heavy atom. The van der Waals surface area contributed by atoms with Crippen LogP contribution in [0.15, 0.2) is 0 Å². The summed E-state index contributed by atoms with van der Waals surface area (Å²) >= 11 is 0. The lowest BCUT2D eigenvalue weighted by atomic mass is 10.6. The van der Waals surface area contributed by atoms with Gasteiger partial charge in [-0.15, -0.1) is 0 Å². The average Bonchev–Trinajstić information content (AvgIpc) is 1.65. The second-order valence-corrected chi connectivity index (χ2v) is 1.49. The van der Waals surface area contributed by atoms with Gasteiger partial charge in [0.1, 0.15) is 0 Å². The van der Waals surface area contributed by atoms with Crippen molar-refractivity contribution in [1.82, 2.24) is 4.90 Å². The van der Waals surface area contributed by atoms with Gasteiger partial charge in [0.25, 0.3) is 0 Å². The maximum atomic E-state index is 2.25. The van der Waals surface area contributed by atoms with Gasteiger partial charge >= 0.3 is 0 Å². The first-order valence-corrected chi connectivity index (χ1v) is 2.49. The molecule has 0 aliphatic rings. The van der Waals surface area contributed by atoms with E-state index in [0.717, 1.165) is 13.1 Å². The van der Waals surface area contributed by atoms with Crippen LogP contribution >= 0.6 is 0 Å². The number of nitrogens with zero attached hydrogens (tertiary/aromatic N) is 1. The van der Waals surface area contributed by atoms with E-state index in [1.165, 1.54) is 0 Å². The van der Waals surface area contributed by atoms with E-state index in [-0.39, 0.29) is 29.7 Å². The molecule has 0 spiro atoms. The predicted octanol–water partition coefficient (Wildman–Crippen LogP) is 3.50. The maximum Gasteiger partial charge on any atom is -0.00504 e. The van der Waals surface area contributed by atoms with Crippen molar-refractivity contribution in [2.45, 2.75) is 43.6 Å². The molecule has 0 atom stereocenters. The van der Waals surface area contributed by atoms with Gasteiger partial charge in [-0.3, -0.25) is 0 Å². The minimum atomic E-state index is 0. The summed E-state index contributed by atoms with van der Waals surface area (Å²) in [5.41, 5.74) is 0. The molecule has 1 nitrogen and oxygen atoms in total. The van der Waals surface area contributed by atoms with E-state index in [1.807, 2.05) is 0 Å². The second kappa shape index (κ2) is 23.1. The first-order chi connectivity index (χ1) is 2.81. The van der Waals surface area contributed by atoms with Crippen molar-refractivity contribution in [1.29, 1.82) is 0 Å². The Balaban J connectivity index is -0.0000000208. The molecule has 0 saturated heterocycles. The third-order valence-corrected chi connectivity index (χ3v) is 1.08. The zero-order valence-electron chi connectivity index (χ0n) is 4.86. The Labute approximate surface area is 69.4 Å². The number of rotatable bonds is 2. The molecule has 10 heavy (non-hydrogen) atoms. The summed E-state index contributed by atoms with van der Waals surface area (Å²) in [6.07, 6.45) is 0. The Hall–Kier alpha value is -0.0400. The minimum absolute atomic E-state index is 0. The first kappa shape index (κ1) is 32.5. The second-order valence-electron chi connectivity index (χ2n) is 1.49. The minimum Gasteiger partial charge on any atom is -0.307 e. The van der Waals surface area contributed by atoms with Crippen LogP contribution in [0.5, 0.6) is 0 Å². The number of hydrogen-bond acceptors (Lipinski definition) is 1. The Morgan fingerprint density at radius 3 is 1.00 bits per heavy atom. The third kappa shape index (κ3) is 24.6. The lowest BCUT2D eigenvalue weighted by molar-refractivity contribution is 0.373. The summed E-state index contributed by atoms with van der Waals surface area (Å²) in [6, 6.07) is 0. The summed E-state index contributed by atoms with van der Waals surface area (Å²) in [5.74, 6) is 0. The zero-order chi connectivity index (χ0) is 4.99. The van der Waals surface area contributed by atoms with Gasteiger partial charge in [0.05, 0.1) is 0 Å². The number of hydrogen-bond donors (Lipinski definition) is 0. The average molecular weight is 151 g/mol. The fourth-order valence-electron chi connectivity index (χ4n) is 0.224. The van der Waals surface area contributed by atoms with Gasteiger partial charge in [0.15, 0.2) is 0 Å². The van der Waals surface area contributed by atoms with Crippen LogP contribution in [0, 0.1) is 0 Å². The summed E-state index contributed by atoms with van der Waals surface area (Å²) in [7, 11) is 2.11. The van der Waals surface area contributed by atoms with Crippen molar-refractivity contribution in [3.05, 3.63) is 0 Å². The van der Waals surface area contributed by atoms with Crippen LogP contribution in [0.2, 0.25) is 0 Å². The molecule has 1 heteroatoms. The van der Waals surface area contributed by atoms with Crippen LogP contribution in [-0.4, -0.2) is 25.0 Å². The highest BCUT2D eigenvalue weighted by molar-refractivity contribution is 4.36. The monoisotopic (exact) mass is 151 g/mol. The van der Waals surface area contributed by atoms with Gasteiger partial charge in [0, 0.05) is 0 Å². The molecule has 0 aromatic carbocycles. The molecule has 0 saturated carbocycles. The van der Waals surface area contributed by atoms with Gasteiger partial charge in [0.2, 0.25) is 0 Å². The van der Waals surface area contributed by atoms with Crippen molar-refractivity contribution in [3.8, 4) is 0 Å². The Kier molecular flexibility index (Phi) is 75.0. The van der Waals surface area contributed by atoms with Crippen molar-refractivity contribution < 1.29 is 0 Å². The van der Waals surface area contributed by atoms with Gasteiger partial charge < -0.3 is 4.90 Å². The molecule has 0 heterocycles. The van der Waals surface area contributed by atoms with Crippen LogP contribution in [0.1, 0.15) is 43.6 Å². The summed E-state index contributed by atoms with van der Waals surface area (Å²) in [4.78, 5) is 2.25. The molecule has 0 aliphatic heterocycles. The molecule has 0 aliphatic carbocycles. The predicted molar refractivity (Wildman–Crippen MR) is 55.8 cm³/mol. The van der Waals surface area contributed by atoms with Gasteiger partial charge in [-0.05, 0) is 20.1 Å². The molecule has 0 unspecified atom stereocenters. The lowest BCUT2D eigenvalue weighted by Gasteiger charge is -2.07. The van der Waals surface area contributed by atoms with E-state index >= 15 is 0 Å². The van der Waals surface area contributed by atoms with Crippen molar-refractivity contribution in [2.24, 2.45) is 0 Å². The van der Waals surface area contributed by atoms with Crippen LogP contribution in [-0.2, 0) is 0 Å². The van der Waals surface area contributed by atoms with Crippen molar-refractivity contribution in [2.75, 3.05) is 20.1 Å². The molecule has 70 valence electrons. The van der Waals surface area contributed by atoms with Crippen LogP contribution in [0.25, 0.3) is 0 Å². The van der Waals surface area contributed by atoms with Gasteiger partial charge in [-0.2, -0.15) is 0 Å². The standard InChI is InChI=1S/C5H13N.4CH4/c1-4-6(3)5-2;;;;/h4-5H2,1-3H3;4*1H4. The maximum absolute atomic E-state index is 2.25. The summed E-state index contributed by atoms with van der Waals surface area (Å²) in [6.45, 7) is 6.64. The Morgan fingerprint density at radius 2 is 1.00 bits per heavy atom. The quantitative estimate of drug-likeness (QED) is 0.584. The fraction of sp³-hybridized carbons (Fsp3) is 1.00. The van der Waals surface area contributed by atoms with Crippen molar-refractivity contribution in [3.63, 3.8) is 0 Å². The smallest absolute Gasteiger partial charge is 0.00504 e. The molecular formula is C9H29N. The molecule has 0 aromatic rings. The highest BCUT2D eigenvalue weighted by Gasteiger charge is 1.81. The van der Waals surface area contributed by atoms with E-state index in [2.05, 4.69) is 25.8 Å². The van der Waals surface area contributed by atoms with E-state index < -0.39 is 0 Å². The molecule has 0 bridgehead atoms. The van der Waals surface area contributed by atoms with E-state index in [9.17, 15) is 0 Å². The van der Waals surface area contributed by atoms with Crippen molar-refractivity contribution >= 4 is 0 Å². The van der Waals surface area contributed by atoms with E-state index in [4.69, 9.17) is 0 Å². The molecule has 0 N–H and O–H groups in total. The van der Waals surface area contributed by atoms with Gasteiger partial charge in [-0.25, -0.2) is 0 Å². The Bertz CT molecular complexity index is 23.9. The third-order valence-electron chi connectivity index (χ3n) is 1.08. The van der Waals surface area contributed by atoms with Crippen LogP contribution in [0.3, 0.4) is 0 Å². The van der Waals surface area contributed by atoms with E-state index in [0.29, 0.717) is 0 Å². The van der Waals surface area contributed by atoms with E-state index in [1.54, 1.807) is 0 Å². The lowest BCUT2D eigenvalue weighted by Crippen LogP contribution is -2.15. The molecule has 0 aromatic heterocycles. The largest absolute Gasteiger partial charge is 0.307 e. The fourth-order valence-corrected chi connectivity index (χ4v) is 0.224.